The van der Waals surface area contributed by atoms with E-state index in [-0.39, 0.29) is 11.8 Å². The highest BCUT2D eigenvalue weighted by atomic mass is 32.1. The zero-order chi connectivity index (χ0) is 16.7. The first-order valence-corrected chi connectivity index (χ1v) is 9.34. The minimum Gasteiger partial charge on any atom is -0.386 e. The fourth-order valence-electron chi connectivity index (χ4n) is 3.44. The van der Waals surface area contributed by atoms with Crippen molar-refractivity contribution in [1.29, 1.82) is 0 Å². The molecular weight excluding hydrogens is 326 g/mol. The Bertz CT molecular complexity index is 710. The van der Waals surface area contributed by atoms with Gasteiger partial charge in [0, 0.05) is 25.4 Å². The van der Waals surface area contributed by atoms with Crippen LogP contribution >= 0.6 is 11.3 Å². The summed E-state index contributed by atoms with van der Waals surface area (Å²) in [5.41, 5.74) is 0.950. The van der Waals surface area contributed by atoms with Crippen molar-refractivity contribution in [1.82, 2.24) is 10.2 Å². The van der Waals surface area contributed by atoms with Crippen molar-refractivity contribution in [2.45, 2.75) is 50.7 Å². The average molecular weight is 347 g/mol. The summed E-state index contributed by atoms with van der Waals surface area (Å²) in [6.07, 6.45) is 4.48. The van der Waals surface area contributed by atoms with Gasteiger partial charge in [-0.2, -0.15) is 0 Å². The summed E-state index contributed by atoms with van der Waals surface area (Å²) in [7, 11) is 0. The second-order valence-corrected chi connectivity index (χ2v) is 7.92. The fourth-order valence-corrected chi connectivity index (χ4v) is 4.33. The lowest BCUT2D eigenvalue weighted by molar-refractivity contribution is -0.116. The minimum absolute atomic E-state index is 0.0512. The molecule has 6 nitrogen and oxygen atoms in total. The smallest absolute Gasteiger partial charge is 0.269 e. The Morgan fingerprint density at radius 2 is 2.29 bits per heavy atom. The molecule has 1 aromatic rings. The zero-order valence-electron chi connectivity index (χ0n) is 13.7. The van der Waals surface area contributed by atoms with Gasteiger partial charge in [0.15, 0.2) is 5.60 Å². The molecule has 2 aliphatic heterocycles. The van der Waals surface area contributed by atoms with Gasteiger partial charge >= 0.3 is 0 Å². The van der Waals surface area contributed by atoms with E-state index >= 15 is 0 Å². The second-order valence-electron chi connectivity index (χ2n) is 7.00. The maximum absolute atomic E-state index is 12.6. The molecule has 4 rings (SSSR count). The number of rotatable bonds is 3. The van der Waals surface area contributed by atoms with Crippen molar-refractivity contribution in [3.8, 4) is 0 Å². The Balaban J connectivity index is 1.37. The fraction of sp³-hybridized carbons (Fsp3) is 0.588. The summed E-state index contributed by atoms with van der Waals surface area (Å²) in [5.74, 6) is -0.0641. The number of carbonyl (C=O) groups is 2. The van der Waals surface area contributed by atoms with Gasteiger partial charge in [-0.05, 0) is 43.2 Å². The largest absolute Gasteiger partial charge is 0.386 e. The molecule has 1 atom stereocenters. The van der Waals surface area contributed by atoms with Crippen LogP contribution in [-0.4, -0.2) is 47.2 Å². The van der Waals surface area contributed by atoms with E-state index in [2.05, 4.69) is 10.5 Å². The molecular formula is C17H21N3O3S. The van der Waals surface area contributed by atoms with E-state index in [9.17, 15) is 9.59 Å². The Morgan fingerprint density at radius 1 is 1.46 bits per heavy atom. The highest BCUT2D eigenvalue weighted by Gasteiger charge is 2.48. The molecule has 0 bridgehead atoms. The second kappa shape index (κ2) is 5.88. The molecule has 7 heteroatoms. The van der Waals surface area contributed by atoms with Crippen LogP contribution in [-0.2, 0) is 9.63 Å². The molecule has 24 heavy (non-hydrogen) atoms. The van der Waals surface area contributed by atoms with Crippen molar-refractivity contribution in [2.24, 2.45) is 5.16 Å². The van der Waals surface area contributed by atoms with Crippen molar-refractivity contribution in [2.75, 3.05) is 13.1 Å². The number of nitrogens with zero attached hydrogens (tertiary/aromatic N) is 2. The molecule has 0 radical (unpaired) electrons. The van der Waals surface area contributed by atoms with Crippen LogP contribution in [0.25, 0.3) is 0 Å². The Hall–Kier alpha value is -1.89. The third-order valence-electron chi connectivity index (χ3n) is 5.20. The summed E-state index contributed by atoms with van der Waals surface area (Å²) < 4.78 is 0. The molecule has 0 aromatic carbocycles. The first-order chi connectivity index (χ1) is 11.6. The molecule has 3 heterocycles. The topological polar surface area (TPSA) is 71.0 Å². The van der Waals surface area contributed by atoms with Crippen LogP contribution in [0.2, 0.25) is 0 Å². The number of likely N-dealkylation sites (tertiary alicyclic amines) is 1. The van der Waals surface area contributed by atoms with Gasteiger partial charge in [0.1, 0.15) is 5.71 Å². The van der Waals surface area contributed by atoms with Crippen LogP contribution in [0.5, 0.6) is 0 Å². The van der Waals surface area contributed by atoms with Gasteiger partial charge in [-0.15, -0.1) is 11.3 Å². The number of hydrogen-bond acceptors (Lipinski definition) is 5. The number of carbonyl (C=O) groups excluding carboxylic acids is 2. The number of oxime groups is 1. The Kier molecular flexibility index (Phi) is 3.83. The van der Waals surface area contributed by atoms with E-state index in [1.165, 1.54) is 17.8 Å². The molecule has 1 N–H and O–H groups in total. The van der Waals surface area contributed by atoms with Crippen molar-refractivity contribution in [3.63, 3.8) is 0 Å². The molecule has 2 fully saturated rings. The molecule has 1 aromatic heterocycles. The number of aryl methyl sites for hydroxylation is 1. The maximum atomic E-state index is 12.6. The highest BCUT2D eigenvalue weighted by molar-refractivity contribution is 7.12. The third kappa shape index (κ3) is 2.70. The normalized spacial score (nSPS) is 26.2. The van der Waals surface area contributed by atoms with Crippen molar-refractivity contribution >= 4 is 28.9 Å². The summed E-state index contributed by atoms with van der Waals surface area (Å²) in [6.45, 7) is 3.09. The molecule has 1 spiro atoms. The predicted molar refractivity (Wildman–Crippen MR) is 91.2 cm³/mol. The van der Waals surface area contributed by atoms with Gasteiger partial charge < -0.3 is 15.1 Å². The molecule has 2 amide bonds. The predicted octanol–water partition coefficient (Wildman–Crippen LogP) is 2.09. The standard InChI is InChI=1S/C17H21N3O3S/c1-11-5-8-24-14(11)16(22)20-7-6-17(10-20)9-13(19-23-17)15(21)18-12-3-2-4-12/h5,8,12H,2-4,6-7,9-10H2,1H3,(H,18,21). The summed E-state index contributed by atoms with van der Waals surface area (Å²) in [5, 5.41) is 8.96. The first kappa shape index (κ1) is 15.6. The quantitative estimate of drug-likeness (QED) is 0.910. The van der Waals surface area contributed by atoms with E-state index in [0.29, 0.717) is 37.7 Å². The highest BCUT2D eigenvalue weighted by Crippen LogP contribution is 2.35. The SMILES string of the molecule is Cc1ccsc1C(=O)N1CCC2(CC(C(=O)NC3CCC3)=NO2)C1. The molecule has 3 aliphatic rings. The number of hydrogen-bond donors (Lipinski definition) is 1. The molecule has 1 saturated carbocycles. The molecule has 1 saturated heterocycles. The minimum atomic E-state index is -0.521. The van der Waals surface area contributed by atoms with E-state index in [1.807, 2.05) is 23.3 Å². The molecule has 1 aliphatic carbocycles. The van der Waals surface area contributed by atoms with E-state index in [4.69, 9.17) is 4.84 Å². The lowest BCUT2D eigenvalue weighted by atomic mass is 9.92. The van der Waals surface area contributed by atoms with Gasteiger partial charge in [0.2, 0.25) is 0 Å². The van der Waals surface area contributed by atoms with Crippen molar-refractivity contribution in [3.05, 3.63) is 21.9 Å². The zero-order valence-corrected chi connectivity index (χ0v) is 14.5. The number of nitrogens with one attached hydrogen (secondary N) is 1. The monoisotopic (exact) mass is 347 g/mol. The van der Waals surface area contributed by atoms with Crippen LogP contribution < -0.4 is 5.32 Å². The van der Waals surface area contributed by atoms with Crippen LogP contribution in [0.1, 0.15) is 47.3 Å². The average Bonchev–Trinajstić information content (AvgIpc) is 3.24. The summed E-state index contributed by atoms with van der Waals surface area (Å²) >= 11 is 1.47. The lowest BCUT2D eigenvalue weighted by Gasteiger charge is -2.26. The van der Waals surface area contributed by atoms with Crippen LogP contribution in [0, 0.1) is 6.92 Å². The first-order valence-electron chi connectivity index (χ1n) is 8.46. The third-order valence-corrected chi connectivity index (χ3v) is 6.21. The van der Waals surface area contributed by atoms with E-state index in [0.717, 1.165) is 23.3 Å². The lowest BCUT2D eigenvalue weighted by Crippen LogP contribution is -2.44. The van der Waals surface area contributed by atoms with Crippen LogP contribution in [0.3, 0.4) is 0 Å². The van der Waals surface area contributed by atoms with Crippen LogP contribution in [0.15, 0.2) is 16.6 Å². The van der Waals surface area contributed by atoms with Gasteiger partial charge in [-0.3, -0.25) is 9.59 Å². The van der Waals surface area contributed by atoms with E-state index < -0.39 is 5.60 Å². The van der Waals surface area contributed by atoms with Gasteiger partial charge in [0.25, 0.3) is 11.8 Å². The molecule has 1 unspecified atom stereocenters. The van der Waals surface area contributed by atoms with E-state index in [1.54, 1.807) is 0 Å². The maximum Gasteiger partial charge on any atom is 0.269 e. The van der Waals surface area contributed by atoms with Crippen LogP contribution in [0.4, 0.5) is 0 Å². The molecule has 128 valence electrons. The van der Waals surface area contributed by atoms with Gasteiger partial charge in [-0.25, -0.2) is 0 Å². The van der Waals surface area contributed by atoms with Gasteiger partial charge in [0.05, 0.1) is 11.4 Å². The number of thiophene rings is 1. The number of amides is 2. The summed E-state index contributed by atoms with van der Waals surface area (Å²) in [4.78, 5) is 33.1. The summed E-state index contributed by atoms with van der Waals surface area (Å²) in [6, 6.07) is 2.25. The van der Waals surface area contributed by atoms with Crippen molar-refractivity contribution < 1.29 is 14.4 Å². The Labute approximate surface area is 144 Å². The van der Waals surface area contributed by atoms with Gasteiger partial charge in [-0.1, -0.05) is 5.16 Å². The Morgan fingerprint density at radius 3 is 2.96 bits per heavy atom.